The zero-order valence-corrected chi connectivity index (χ0v) is 11.6. The molecule has 18 heavy (non-hydrogen) atoms. The van der Waals surface area contributed by atoms with Crippen LogP contribution in [-0.4, -0.2) is 20.2 Å². The Labute approximate surface area is 109 Å². The molecule has 2 atom stereocenters. The van der Waals surface area contributed by atoms with Gasteiger partial charge < -0.3 is 5.32 Å². The van der Waals surface area contributed by atoms with E-state index in [1.54, 1.807) is 0 Å². The fourth-order valence-corrected chi connectivity index (χ4v) is 3.39. The second kappa shape index (κ2) is 4.99. The predicted octanol–water partition coefficient (Wildman–Crippen LogP) is 1.39. The molecule has 1 fully saturated rings. The number of sulfonamides is 1. The maximum atomic E-state index is 11.3. The Hall–Kier alpha value is -0.910. The fraction of sp³-hybridized carbons (Fsp3) is 0.538. The Kier molecular flexibility index (Phi) is 3.75. The Morgan fingerprint density at radius 2 is 2.00 bits per heavy atom. The van der Waals surface area contributed by atoms with E-state index in [4.69, 9.17) is 5.14 Å². The van der Waals surface area contributed by atoms with Crippen molar-refractivity contribution in [2.45, 2.75) is 38.0 Å². The van der Waals surface area contributed by atoms with E-state index in [0.717, 1.165) is 6.42 Å². The highest BCUT2D eigenvalue weighted by Crippen LogP contribution is 2.27. The highest BCUT2D eigenvalue weighted by molar-refractivity contribution is 7.89. The van der Waals surface area contributed by atoms with Crippen LogP contribution in [0, 0.1) is 13.8 Å². The first-order valence-electron chi connectivity index (χ1n) is 6.20. The van der Waals surface area contributed by atoms with Gasteiger partial charge in [0.05, 0.1) is 5.25 Å². The smallest absolute Gasteiger partial charge is 0.213 e. The average molecular weight is 268 g/mol. The maximum Gasteiger partial charge on any atom is 0.213 e. The van der Waals surface area contributed by atoms with E-state index in [2.05, 4.69) is 37.4 Å². The van der Waals surface area contributed by atoms with E-state index < -0.39 is 15.3 Å². The van der Waals surface area contributed by atoms with E-state index in [0.29, 0.717) is 13.0 Å². The minimum Gasteiger partial charge on any atom is -0.309 e. The zero-order chi connectivity index (χ0) is 13.3. The van der Waals surface area contributed by atoms with Crippen molar-refractivity contribution in [2.75, 3.05) is 6.54 Å². The van der Waals surface area contributed by atoms with Gasteiger partial charge in [-0.25, -0.2) is 13.6 Å². The number of aryl methyl sites for hydroxylation is 2. The molecule has 1 aliphatic heterocycles. The Morgan fingerprint density at radius 1 is 1.28 bits per heavy atom. The van der Waals surface area contributed by atoms with Crippen molar-refractivity contribution in [3.05, 3.63) is 34.9 Å². The minimum atomic E-state index is -3.41. The first-order valence-corrected chi connectivity index (χ1v) is 7.81. The molecule has 1 heterocycles. The van der Waals surface area contributed by atoms with Crippen LogP contribution in [0.25, 0.3) is 0 Å². The van der Waals surface area contributed by atoms with Crippen molar-refractivity contribution in [2.24, 2.45) is 5.14 Å². The molecule has 4 nitrogen and oxygen atoms in total. The largest absolute Gasteiger partial charge is 0.309 e. The summed E-state index contributed by atoms with van der Waals surface area (Å²) in [6, 6.07) is 6.61. The number of hydrogen-bond donors (Lipinski definition) is 2. The molecule has 2 unspecified atom stereocenters. The molecule has 0 aromatic heterocycles. The Morgan fingerprint density at radius 3 is 2.50 bits per heavy atom. The van der Waals surface area contributed by atoms with Crippen molar-refractivity contribution in [1.82, 2.24) is 5.32 Å². The van der Waals surface area contributed by atoms with Gasteiger partial charge in [0, 0.05) is 12.6 Å². The summed E-state index contributed by atoms with van der Waals surface area (Å²) in [7, 11) is -3.41. The van der Waals surface area contributed by atoms with Gasteiger partial charge in [-0.3, -0.25) is 0 Å². The minimum absolute atomic E-state index is 0.239. The quantitative estimate of drug-likeness (QED) is 0.851. The normalized spacial score (nSPS) is 25.1. The number of rotatable bonds is 2. The average Bonchev–Trinajstić information content (AvgIpc) is 2.28. The lowest BCUT2D eigenvalue weighted by Gasteiger charge is -2.29. The molecular formula is C13H20N2O2S. The molecule has 1 aromatic rings. The molecule has 0 aliphatic carbocycles. The molecule has 5 heteroatoms. The van der Waals surface area contributed by atoms with Gasteiger partial charge in [0.2, 0.25) is 10.0 Å². The third-order valence-electron chi connectivity index (χ3n) is 3.63. The summed E-state index contributed by atoms with van der Waals surface area (Å²) >= 11 is 0. The van der Waals surface area contributed by atoms with Crippen molar-refractivity contribution in [1.29, 1.82) is 0 Å². The first-order chi connectivity index (χ1) is 8.38. The van der Waals surface area contributed by atoms with Crippen LogP contribution in [0.1, 0.15) is 35.6 Å². The van der Waals surface area contributed by atoms with Gasteiger partial charge >= 0.3 is 0 Å². The van der Waals surface area contributed by atoms with Crippen molar-refractivity contribution < 1.29 is 8.42 Å². The summed E-state index contributed by atoms with van der Waals surface area (Å²) in [5.74, 6) is 0. The van der Waals surface area contributed by atoms with E-state index in [1.807, 2.05) is 0 Å². The summed E-state index contributed by atoms with van der Waals surface area (Å²) < 4.78 is 22.6. The second-order valence-corrected chi connectivity index (χ2v) is 6.95. The lowest BCUT2D eigenvalue weighted by Crippen LogP contribution is -2.43. The van der Waals surface area contributed by atoms with E-state index in [9.17, 15) is 8.42 Å². The van der Waals surface area contributed by atoms with Crippen LogP contribution in [0.4, 0.5) is 0 Å². The molecule has 1 saturated heterocycles. The lowest BCUT2D eigenvalue weighted by molar-refractivity contribution is 0.407. The summed E-state index contributed by atoms with van der Waals surface area (Å²) in [6.45, 7) is 4.61. The van der Waals surface area contributed by atoms with Gasteiger partial charge in [-0.2, -0.15) is 0 Å². The molecule has 0 saturated carbocycles. The molecule has 2 rings (SSSR count). The van der Waals surface area contributed by atoms with Crippen LogP contribution in [0.15, 0.2) is 18.2 Å². The zero-order valence-electron chi connectivity index (χ0n) is 10.8. The van der Waals surface area contributed by atoms with Crippen molar-refractivity contribution in [3.63, 3.8) is 0 Å². The molecular weight excluding hydrogens is 248 g/mol. The third kappa shape index (κ3) is 2.91. The van der Waals surface area contributed by atoms with E-state index >= 15 is 0 Å². The topological polar surface area (TPSA) is 72.2 Å². The van der Waals surface area contributed by atoms with E-state index in [1.165, 1.54) is 16.7 Å². The standard InChI is InChI=1S/C13H20N2O2S/c1-9-3-5-12(10(2)7-9)13-6-4-11(8-15-13)18(14,16)17/h3,5,7,11,13,15H,4,6,8H2,1-2H3,(H2,14,16,17). The number of piperidine rings is 1. The highest BCUT2D eigenvalue weighted by atomic mass is 32.2. The monoisotopic (exact) mass is 268 g/mol. The maximum absolute atomic E-state index is 11.3. The second-order valence-electron chi connectivity index (χ2n) is 5.11. The number of nitrogens with two attached hydrogens (primary N) is 1. The van der Waals surface area contributed by atoms with Crippen molar-refractivity contribution in [3.8, 4) is 0 Å². The van der Waals surface area contributed by atoms with Crippen LogP contribution < -0.4 is 10.5 Å². The van der Waals surface area contributed by atoms with Crippen molar-refractivity contribution >= 4 is 10.0 Å². The number of hydrogen-bond acceptors (Lipinski definition) is 3. The summed E-state index contributed by atoms with van der Waals surface area (Å²) in [6.07, 6.45) is 1.44. The third-order valence-corrected chi connectivity index (χ3v) is 4.97. The Bertz CT molecular complexity index is 532. The van der Waals surface area contributed by atoms with Crippen LogP contribution in [0.2, 0.25) is 0 Å². The van der Waals surface area contributed by atoms with Gasteiger partial charge in [0.25, 0.3) is 0 Å². The van der Waals surface area contributed by atoms with Crippen LogP contribution in [0.5, 0.6) is 0 Å². The molecule has 100 valence electrons. The predicted molar refractivity (Wildman–Crippen MR) is 72.8 cm³/mol. The summed E-state index contributed by atoms with van der Waals surface area (Å²) in [4.78, 5) is 0. The van der Waals surface area contributed by atoms with Gasteiger partial charge in [0.1, 0.15) is 0 Å². The molecule has 1 aromatic carbocycles. The number of nitrogens with one attached hydrogen (secondary N) is 1. The summed E-state index contributed by atoms with van der Waals surface area (Å²) in [5, 5.41) is 8.02. The molecule has 0 radical (unpaired) electrons. The van der Waals surface area contributed by atoms with Gasteiger partial charge in [-0.15, -0.1) is 0 Å². The lowest BCUT2D eigenvalue weighted by atomic mass is 9.93. The van der Waals surface area contributed by atoms with Crippen LogP contribution >= 0.6 is 0 Å². The van der Waals surface area contributed by atoms with E-state index in [-0.39, 0.29) is 6.04 Å². The Balaban J connectivity index is 2.10. The van der Waals surface area contributed by atoms with Crippen LogP contribution in [0.3, 0.4) is 0 Å². The first kappa shape index (κ1) is 13.5. The molecule has 1 aliphatic rings. The van der Waals surface area contributed by atoms with Crippen LogP contribution in [-0.2, 0) is 10.0 Å². The molecule has 3 N–H and O–H groups in total. The van der Waals surface area contributed by atoms with Gasteiger partial charge in [-0.1, -0.05) is 23.8 Å². The molecule has 0 amide bonds. The number of benzene rings is 1. The molecule has 0 bridgehead atoms. The SMILES string of the molecule is Cc1ccc(C2CCC(S(N)(=O)=O)CN2)c(C)c1. The fourth-order valence-electron chi connectivity index (χ4n) is 2.59. The number of primary sulfonamides is 1. The van der Waals surface area contributed by atoms with Gasteiger partial charge in [0.15, 0.2) is 0 Å². The summed E-state index contributed by atoms with van der Waals surface area (Å²) in [5.41, 5.74) is 3.75. The highest BCUT2D eigenvalue weighted by Gasteiger charge is 2.28. The molecule has 0 spiro atoms. The van der Waals surface area contributed by atoms with Gasteiger partial charge in [-0.05, 0) is 37.8 Å².